The number of benzene rings is 3. The fourth-order valence-electron chi connectivity index (χ4n) is 4.19. The summed E-state index contributed by atoms with van der Waals surface area (Å²) < 4.78 is 7.97. The van der Waals surface area contributed by atoms with E-state index in [1.54, 1.807) is 59.5 Å². The maximum atomic E-state index is 13.1. The molecular weight excluding hydrogens is 502 g/mol. The first-order valence-electron chi connectivity index (χ1n) is 12.3. The van der Waals surface area contributed by atoms with Gasteiger partial charge in [-0.15, -0.1) is 0 Å². The minimum absolute atomic E-state index is 0.165. The molecule has 0 bridgehead atoms. The van der Waals surface area contributed by atoms with Crippen LogP contribution in [-0.2, 0) is 0 Å². The fourth-order valence-corrected chi connectivity index (χ4v) is 4.32. The van der Waals surface area contributed by atoms with E-state index in [0.717, 1.165) is 16.8 Å². The molecule has 5 aromatic rings. The van der Waals surface area contributed by atoms with Crippen LogP contribution in [0.25, 0.3) is 28.0 Å². The first-order valence-corrected chi connectivity index (χ1v) is 12.7. The Labute approximate surface area is 225 Å². The number of fused-ring (bicyclic) bond motifs is 1. The van der Waals surface area contributed by atoms with Gasteiger partial charge in [0, 0.05) is 28.5 Å². The number of nitrogens with zero attached hydrogens (tertiary/aromatic N) is 2. The van der Waals surface area contributed by atoms with E-state index < -0.39 is 5.97 Å². The first-order chi connectivity index (χ1) is 18.3. The summed E-state index contributed by atoms with van der Waals surface area (Å²) in [6.45, 7) is 7.81. The molecule has 0 spiro atoms. The van der Waals surface area contributed by atoms with E-state index in [0.29, 0.717) is 33.0 Å². The second kappa shape index (κ2) is 11.4. The number of anilines is 1. The zero-order valence-corrected chi connectivity index (χ0v) is 22.3. The van der Waals surface area contributed by atoms with Gasteiger partial charge in [0.1, 0.15) is 11.3 Å². The molecular formula is C30H28ClN3O4. The average molecular weight is 530 g/mol. The number of para-hydroxylation sites is 1. The molecule has 8 heteroatoms. The fraction of sp³-hybridized carbons (Fsp3) is 0.167. The van der Waals surface area contributed by atoms with Crippen LogP contribution in [-0.4, -0.2) is 20.9 Å². The van der Waals surface area contributed by atoms with Gasteiger partial charge >= 0.3 is 5.97 Å². The zero-order chi connectivity index (χ0) is 27.4. The van der Waals surface area contributed by atoms with Crippen LogP contribution < -0.4 is 10.7 Å². The number of aryl methyl sites for hydroxylation is 1. The number of rotatable bonds is 6. The Bertz CT molecular complexity index is 1660. The highest BCUT2D eigenvalue weighted by molar-refractivity contribution is 6.30. The number of hydrogen-bond acceptors (Lipinski definition) is 5. The third-order valence-corrected chi connectivity index (χ3v) is 6.21. The van der Waals surface area contributed by atoms with Gasteiger partial charge in [-0.25, -0.2) is 9.48 Å². The van der Waals surface area contributed by atoms with E-state index in [1.165, 1.54) is 6.07 Å². The Kier molecular flexibility index (Phi) is 7.98. The molecule has 0 aliphatic rings. The Morgan fingerprint density at radius 2 is 1.79 bits per heavy atom. The number of aromatic carboxylic acids is 1. The first kappa shape index (κ1) is 26.7. The maximum Gasteiger partial charge on any atom is 0.337 e. The van der Waals surface area contributed by atoms with Crippen molar-refractivity contribution in [1.29, 1.82) is 0 Å². The van der Waals surface area contributed by atoms with E-state index in [2.05, 4.69) is 10.4 Å². The second-order valence-corrected chi connectivity index (χ2v) is 9.01. The van der Waals surface area contributed by atoms with Crippen LogP contribution >= 0.6 is 11.6 Å². The van der Waals surface area contributed by atoms with Gasteiger partial charge in [-0.2, -0.15) is 5.10 Å². The molecule has 0 amide bonds. The lowest BCUT2D eigenvalue weighted by Gasteiger charge is -2.19. The molecule has 38 heavy (non-hydrogen) atoms. The van der Waals surface area contributed by atoms with Gasteiger partial charge in [0.2, 0.25) is 0 Å². The summed E-state index contributed by atoms with van der Waals surface area (Å²) in [6.07, 6.45) is 3.42. The quantitative estimate of drug-likeness (QED) is 0.236. The second-order valence-electron chi connectivity index (χ2n) is 8.57. The minimum Gasteiger partial charge on any atom is -0.478 e. The number of carboxylic acid groups (broad SMARTS) is 1. The molecule has 0 fully saturated rings. The van der Waals surface area contributed by atoms with Crippen molar-refractivity contribution in [3.63, 3.8) is 0 Å². The van der Waals surface area contributed by atoms with Crippen LogP contribution in [0.15, 0.2) is 88.3 Å². The Morgan fingerprint density at radius 3 is 2.50 bits per heavy atom. The van der Waals surface area contributed by atoms with Crippen molar-refractivity contribution in [2.45, 2.75) is 33.7 Å². The van der Waals surface area contributed by atoms with Gasteiger partial charge < -0.3 is 14.8 Å². The van der Waals surface area contributed by atoms with Crippen LogP contribution in [0.5, 0.6) is 0 Å². The van der Waals surface area contributed by atoms with Crippen molar-refractivity contribution in [1.82, 2.24) is 9.78 Å². The molecule has 0 aliphatic heterocycles. The van der Waals surface area contributed by atoms with Crippen molar-refractivity contribution < 1.29 is 14.3 Å². The normalized spacial score (nSPS) is 11.5. The van der Waals surface area contributed by atoms with Gasteiger partial charge in [0.25, 0.3) is 0 Å². The summed E-state index contributed by atoms with van der Waals surface area (Å²) in [5.74, 6) is -0.637. The van der Waals surface area contributed by atoms with E-state index in [9.17, 15) is 14.7 Å². The molecule has 1 atom stereocenters. The SMILES string of the molecule is CC.Cc1cc(C(C)Nc2ccccc2C(=O)O)c2oc(-c3cnn(-c4ccc(Cl)cc4)c3)cc(=O)c2c1. The summed E-state index contributed by atoms with van der Waals surface area (Å²) >= 11 is 5.99. The van der Waals surface area contributed by atoms with Gasteiger partial charge in [-0.05, 0) is 61.9 Å². The number of aromatic nitrogens is 2. The number of carboxylic acids is 1. The smallest absolute Gasteiger partial charge is 0.337 e. The van der Waals surface area contributed by atoms with Crippen molar-refractivity contribution in [2.24, 2.45) is 0 Å². The Balaban J connectivity index is 0.00000164. The van der Waals surface area contributed by atoms with Crippen LogP contribution in [0.2, 0.25) is 5.02 Å². The summed E-state index contributed by atoms with van der Waals surface area (Å²) in [4.78, 5) is 24.8. The van der Waals surface area contributed by atoms with E-state index in [-0.39, 0.29) is 17.0 Å². The number of carbonyl (C=O) groups is 1. The Hall–Kier alpha value is -4.36. The van der Waals surface area contributed by atoms with Gasteiger partial charge in [-0.3, -0.25) is 4.79 Å². The molecule has 0 aliphatic carbocycles. The molecule has 2 heterocycles. The standard InChI is InChI=1S/C28H22ClN3O4.C2H6/c1-16-11-22(17(2)31-24-6-4-3-5-21(24)28(34)35)27-23(12-16)25(33)13-26(36-27)18-14-30-32(15-18)20-9-7-19(29)8-10-20;1-2/h3-15,17,31H,1-2H3,(H,34,35);1-2H3. The summed E-state index contributed by atoms with van der Waals surface area (Å²) in [7, 11) is 0. The molecule has 5 rings (SSSR count). The monoisotopic (exact) mass is 529 g/mol. The predicted molar refractivity (Wildman–Crippen MR) is 152 cm³/mol. The third-order valence-electron chi connectivity index (χ3n) is 5.96. The average Bonchev–Trinajstić information content (AvgIpc) is 3.41. The molecule has 0 radical (unpaired) electrons. The van der Waals surface area contributed by atoms with Crippen LogP contribution in [0.1, 0.15) is 48.3 Å². The highest BCUT2D eigenvalue weighted by Gasteiger charge is 2.19. The lowest BCUT2D eigenvalue weighted by Crippen LogP contribution is -2.12. The molecule has 3 aromatic carbocycles. The van der Waals surface area contributed by atoms with E-state index >= 15 is 0 Å². The van der Waals surface area contributed by atoms with Crippen molar-refractivity contribution in [3.05, 3.63) is 111 Å². The highest BCUT2D eigenvalue weighted by Crippen LogP contribution is 2.31. The molecule has 194 valence electrons. The van der Waals surface area contributed by atoms with Gasteiger partial charge in [0.15, 0.2) is 5.43 Å². The molecule has 7 nitrogen and oxygen atoms in total. The van der Waals surface area contributed by atoms with E-state index in [4.69, 9.17) is 16.0 Å². The third kappa shape index (κ3) is 5.48. The molecule has 1 unspecified atom stereocenters. The van der Waals surface area contributed by atoms with Crippen LogP contribution in [0, 0.1) is 6.92 Å². The topological polar surface area (TPSA) is 97.4 Å². The van der Waals surface area contributed by atoms with Crippen molar-refractivity contribution in [2.75, 3.05) is 5.32 Å². The Morgan fingerprint density at radius 1 is 1.08 bits per heavy atom. The zero-order valence-electron chi connectivity index (χ0n) is 21.5. The highest BCUT2D eigenvalue weighted by atomic mass is 35.5. The maximum absolute atomic E-state index is 13.1. The summed E-state index contributed by atoms with van der Waals surface area (Å²) in [6, 6.07) is 18.8. The predicted octanol–water partition coefficient (Wildman–Crippen LogP) is 7.51. The van der Waals surface area contributed by atoms with Crippen molar-refractivity contribution in [3.8, 4) is 17.0 Å². The van der Waals surface area contributed by atoms with Gasteiger partial charge in [-0.1, -0.05) is 43.6 Å². The molecule has 2 aromatic heterocycles. The molecule has 0 saturated carbocycles. The van der Waals surface area contributed by atoms with Crippen molar-refractivity contribution >= 4 is 34.2 Å². The number of halogens is 1. The lowest BCUT2D eigenvalue weighted by molar-refractivity contribution is 0.0698. The van der Waals surface area contributed by atoms with Gasteiger partial charge in [0.05, 0.1) is 34.4 Å². The summed E-state index contributed by atoms with van der Waals surface area (Å²) in [5, 5.41) is 18.3. The molecule has 0 saturated heterocycles. The lowest BCUT2D eigenvalue weighted by atomic mass is 10.0. The summed E-state index contributed by atoms with van der Waals surface area (Å²) in [5.41, 5.74) is 4.02. The van der Waals surface area contributed by atoms with Crippen LogP contribution in [0.3, 0.4) is 0 Å². The van der Waals surface area contributed by atoms with E-state index in [1.807, 2.05) is 45.9 Å². The largest absolute Gasteiger partial charge is 0.478 e. The van der Waals surface area contributed by atoms with Crippen LogP contribution in [0.4, 0.5) is 5.69 Å². The molecule has 2 N–H and O–H groups in total. The number of hydrogen-bond donors (Lipinski definition) is 2. The minimum atomic E-state index is -1.02. The number of nitrogens with one attached hydrogen (secondary N) is 1.